The summed E-state index contributed by atoms with van der Waals surface area (Å²) < 4.78 is 15.1. The zero-order chi connectivity index (χ0) is 21.9. The van der Waals surface area contributed by atoms with Crippen LogP contribution in [0.15, 0.2) is 109 Å². The van der Waals surface area contributed by atoms with E-state index in [1.54, 1.807) is 33.5 Å². The third kappa shape index (κ3) is 5.80. The highest BCUT2D eigenvalue weighted by atomic mass is 16.5. The van der Waals surface area contributed by atoms with Crippen molar-refractivity contribution in [2.75, 3.05) is 26.2 Å². The number of hydrogen-bond donors (Lipinski definition) is 0. The largest absolute Gasteiger partial charge is 0.497 e. The molecule has 0 radical (unpaired) electrons. The second-order valence-electron chi connectivity index (χ2n) is 6.56. The monoisotopic (exact) mass is 413 g/mol. The summed E-state index contributed by atoms with van der Waals surface area (Å²) in [5.74, 6) is 2.14. The molecule has 4 rings (SSSR count). The number of para-hydroxylation sites is 3. The maximum absolute atomic E-state index is 5.07. The Morgan fingerprint density at radius 2 is 0.871 bits per heavy atom. The van der Waals surface area contributed by atoms with Crippen LogP contribution in [0.5, 0.6) is 17.2 Å². The van der Waals surface area contributed by atoms with Gasteiger partial charge < -0.3 is 19.1 Å². The first-order valence-electron chi connectivity index (χ1n) is 9.98. The summed E-state index contributed by atoms with van der Waals surface area (Å²) in [6.45, 7) is 0. The molecule has 4 aromatic carbocycles. The minimum atomic E-state index is 0.678. The van der Waals surface area contributed by atoms with Gasteiger partial charge in [0.05, 0.1) is 21.3 Å². The minimum Gasteiger partial charge on any atom is -0.497 e. The molecule has 0 heterocycles. The quantitative estimate of drug-likeness (QED) is 0.345. The van der Waals surface area contributed by atoms with Crippen molar-refractivity contribution in [3.63, 3.8) is 0 Å². The van der Waals surface area contributed by atoms with Crippen LogP contribution >= 0.6 is 0 Å². The number of benzene rings is 4. The standard InChI is InChI=1S/C18H15N.C9H12O3/c1-4-10-16(11-5-1)19(17-12-6-2-7-13-17)18-14-8-3-9-15-18;1-10-7-4-5-8(11-2)9(6-7)12-3/h1-15H;4-6H,1-3H3. The van der Waals surface area contributed by atoms with Crippen LogP contribution in [0.3, 0.4) is 0 Å². The fourth-order valence-corrected chi connectivity index (χ4v) is 3.12. The summed E-state index contributed by atoms with van der Waals surface area (Å²) in [5.41, 5.74) is 3.50. The number of ether oxygens (including phenoxy) is 3. The van der Waals surface area contributed by atoms with Gasteiger partial charge in [0.25, 0.3) is 0 Å². The first-order valence-corrected chi connectivity index (χ1v) is 9.98. The Morgan fingerprint density at radius 3 is 1.23 bits per heavy atom. The number of methoxy groups -OCH3 is 3. The second-order valence-corrected chi connectivity index (χ2v) is 6.56. The lowest BCUT2D eigenvalue weighted by Gasteiger charge is -2.25. The van der Waals surface area contributed by atoms with Crippen molar-refractivity contribution in [2.24, 2.45) is 0 Å². The molecule has 0 fully saturated rings. The minimum absolute atomic E-state index is 0.678. The topological polar surface area (TPSA) is 30.9 Å². The van der Waals surface area contributed by atoms with Crippen LogP contribution in [0, 0.1) is 0 Å². The van der Waals surface area contributed by atoms with Gasteiger partial charge in [0, 0.05) is 23.1 Å². The SMILES string of the molecule is COc1ccc(OC)c(OC)c1.c1ccc(N(c2ccccc2)c2ccccc2)cc1. The highest BCUT2D eigenvalue weighted by Crippen LogP contribution is 2.33. The average Bonchev–Trinajstić information content (AvgIpc) is 2.86. The average molecular weight is 414 g/mol. The van der Waals surface area contributed by atoms with E-state index in [-0.39, 0.29) is 0 Å². The molecule has 0 bridgehead atoms. The Morgan fingerprint density at radius 1 is 0.452 bits per heavy atom. The van der Waals surface area contributed by atoms with E-state index in [1.807, 2.05) is 24.3 Å². The summed E-state index contributed by atoms with van der Waals surface area (Å²) in [6.07, 6.45) is 0. The van der Waals surface area contributed by atoms with Gasteiger partial charge in [0.1, 0.15) is 5.75 Å². The summed E-state index contributed by atoms with van der Waals surface area (Å²) in [5, 5.41) is 0. The van der Waals surface area contributed by atoms with Gasteiger partial charge in [0.15, 0.2) is 11.5 Å². The number of rotatable bonds is 6. The van der Waals surface area contributed by atoms with E-state index in [9.17, 15) is 0 Å². The molecule has 158 valence electrons. The van der Waals surface area contributed by atoms with E-state index in [2.05, 4.69) is 77.7 Å². The third-order valence-electron chi connectivity index (χ3n) is 4.63. The molecule has 4 nitrogen and oxygen atoms in total. The zero-order valence-electron chi connectivity index (χ0n) is 18.1. The van der Waals surface area contributed by atoms with Crippen LogP contribution in [0.4, 0.5) is 17.1 Å². The lowest BCUT2D eigenvalue weighted by Crippen LogP contribution is -2.09. The Labute approximate surface area is 184 Å². The zero-order valence-corrected chi connectivity index (χ0v) is 18.1. The molecule has 0 N–H and O–H groups in total. The van der Waals surface area contributed by atoms with Crippen LogP contribution in [0.25, 0.3) is 0 Å². The number of hydrogen-bond acceptors (Lipinski definition) is 4. The maximum Gasteiger partial charge on any atom is 0.164 e. The molecule has 0 saturated heterocycles. The van der Waals surface area contributed by atoms with Gasteiger partial charge in [-0.1, -0.05) is 54.6 Å². The lowest BCUT2D eigenvalue weighted by atomic mass is 10.2. The normalized spacial score (nSPS) is 9.77. The van der Waals surface area contributed by atoms with E-state index < -0.39 is 0 Å². The lowest BCUT2D eigenvalue weighted by molar-refractivity contribution is 0.349. The van der Waals surface area contributed by atoms with Crippen LogP contribution < -0.4 is 19.1 Å². The smallest absolute Gasteiger partial charge is 0.164 e. The fourth-order valence-electron chi connectivity index (χ4n) is 3.12. The van der Waals surface area contributed by atoms with Crippen molar-refractivity contribution in [3.8, 4) is 17.2 Å². The summed E-state index contributed by atoms with van der Waals surface area (Å²) in [6, 6.07) is 36.7. The molecular formula is C27H27NO3. The third-order valence-corrected chi connectivity index (χ3v) is 4.63. The molecule has 4 aromatic rings. The van der Waals surface area contributed by atoms with E-state index in [4.69, 9.17) is 14.2 Å². The maximum atomic E-state index is 5.07. The summed E-state index contributed by atoms with van der Waals surface area (Å²) >= 11 is 0. The molecule has 0 aliphatic carbocycles. The summed E-state index contributed by atoms with van der Waals surface area (Å²) in [4.78, 5) is 2.25. The van der Waals surface area contributed by atoms with Crippen LogP contribution in [0.2, 0.25) is 0 Å². The van der Waals surface area contributed by atoms with Crippen molar-refractivity contribution >= 4 is 17.1 Å². The molecule has 0 aliphatic rings. The van der Waals surface area contributed by atoms with Crippen LogP contribution in [0.1, 0.15) is 0 Å². The molecule has 0 aromatic heterocycles. The van der Waals surface area contributed by atoms with Gasteiger partial charge >= 0.3 is 0 Å². The Hall–Kier alpha value is -3.92. The van der Waals surface area contributed by atoms with Crippen molar-refractivity contribution < 1.29 is 14.2 Å². The van der Waals surface area contributed by atoms with Gasteiger partial charge in [-0.2, -0.15) is 0 Å². The second kappa shape index (κ2) is 11.3. The summed E-state index contributed by atoms with van der Waals surface area (Å²) in [7, 11) is 4.81. The predicted octanol–water partition coefficient (Wildman–Crippen LogP) is 6.87. The molecule has 0 unspecified atom stereocenters. The molecular weight excluding hydrogens is 386 g/mol. The van der Waals surface area contributed by atoms with Gasteiger partial charge in [-0.25, -0.2) is 0 Å². The first kappa shape index (κ1) is 21.8. The van der Waals surface area contributed by atoms with Gasteiger partial charge in [-0.05, 0) is 48.5 Å². The van der Waals surface area contributed by atoms with Crippen molar-refractivity contribution in [2.45, 2.75) is 0 Å². The molecule has 4 heteroatoms. The molecule has 0 atom stereocenters. The highest BCUT2D eigenvalue weighted by Gasteiger charge is 2.10. The highest BCUT2D eigenvalue weighted by molar-refractivity contribution is 5.76. The van der Waals surface area contributed by atoms with E-state index >= 15 is 0 Å². The molecule has 0 aliphatic heterocycles. The van der Waals surface area contributed by atoms with E-state index in [0.29, 0.717) is 11.5 Å². The van der Waals surface area contributed by atoms with E-state index in [0.717, 1.165) is 5.75 Å². The van der Waals surface area contributed by atoms with Gasteiger partial charge in [-0.15, -0.1) is 0 Å². The number of anilines is 3. The van der Waals surface area contributed by atoms with Crippen LogP contribution in [-0.2, 0) is 0 Å². The first-order chi connectivity index (χ1) is 15.3. The van der Waals surface area contributed by atoms with Crippen LogP contribution in [-0.4, -0.2) is 21.3 Å². The van der Waals surface area contributed by atoms with Crippen molar-refractivity contribution in [1.29, 1.82) is 0 Å². The fraction of sp³-hybridized carbons (Fsp3) is 0.111. The Balaban J connectivity index is 0.000000196. The van der Waals surface area contributed by atoms with Crippen molar-refractivity contribution in [1.82, 2.24) is 0 Å². The molecule has 31 heavy (non-hydrogen) atoms. The van der Waals surface area contributed by atoms with Crippen molar-refractivity contribution in [3.05, 3.63) is 109 Å². The predicted molar refractivity (Wildman–Crippen MR) is 127 cm³/mol. The molecule has 0 saturated carbocycles. The Bertz CT molecular complexity index is 944. The van der Waals surface area contributed by atoms with Gasteiger partial charge in [0.2, 0.25) is 0 Å². The molecule has 0 amide bonds. The van der Waals surface area contributed by atoms with Gasteiger partial charge in [-0.3, -0.25) is 0 Å². The number of nitrogens with zero attached hydrogens (tertiary/aromatic N) is 1. The Kier molecular flexibility index (Phi) is 7.95. The molecule has 0 spiro atoms. The van der Waals surface area contributed by atoms with E-state index in [1.165, 1.54) is 17.1 Å².